The second kappa shape index (κ2) is 13.9. The van der Waals surface area contributed by atoms with Gasteiger partial charge in [0.05, 0.1) is 13.2 Å². The molecular weight excluding hydrogens is 560 g/mol. The zero-order valence-corrected chi connectivity index (χ0v) is 28.5. The molecule has 45 heavy (non-hydrogen) atoms. The predicted molar refractivity (Wildman–Crippen MR) is 183 cm³/mol. The number of aryl methyl sites for hydroxylation is 1. The van der Waals surface area contributed by atoms with Crippen LogP contribution in [0.1, 0.15) is 106 Å². The van der Waals surface area contributed by atoms with Gasteiger partial charge in [-0.15, -0.1) is 0 Å². The first-order valence-corrected chi connectivity index (χ1v) is 16.1. The van der Waals surface area contributed by atoms with E-state index in [9.17, 15) is 9.59 Å². The van der Waals surface area contributed by atoms with E-state index in [0.29, 0.717) is 17.7 Å². The number of fused-ring (bicyclic) bond motifs is 1. The van der Waals surface area contributed by atoms with Crippen LogP contribution in [0.15, 0.2) is 66.7 Å². The number of hydrogen-bond acceptors (Lipinski definition) is 4. The molecule has 4 aromatic rings. The van der Waals surface area contributed by atoms with Crippen molar-refractivity contribution in [3.8, 4) is 5.75 Å². The number of methoxy groups -OCH3 is 1. The zero-order valence-electron chi connectivity index (χ0n) is 28.5. The molecule has 240 valence electrons. The van der Waals surface area contributed by atoms with Crippen LogP contribution in [-0.2, 0) is 28.9 Å². The summed E-state index contributed by atoms with van der Waals surface area (Å²) in [7, 11) is 1.36. The van der Waals surface area contributed by atoms with Gasteiger partial charge in [0, 0.05) is 28.7 Å². The third-order valence-corrected chi connectivity index (χ3v) is 8.30. The number of unbranched alkanes of at least 4 members (excludes halogenated alkanes) is 1. The molecule has 0 radical (unpaired) electrons. The first-order valence-electron chi connectivity index (χ1n) is 16.1. The third kappa shape index (κ3) is 8.36. The Morgan fingerprint density at radius 1 is 0.933 bits per heavy atom. The van der Waals surface area contributed by atoms with Crippen LogP contribution in [0.2, 0.25) is 0 Å². The minimum Gasteiger partial charge on any atom is -0.476 e. The van der Waals surface area contributed by atoms with Crippen LogP contribution in [0.3, 0.4) is 0 Å². The Balaban J connectivity index is 1.64. The molecule has 0 saturated heterocycles. The van der Waals surface area contributed by atoms with Gasteiger partial charge in [0.25, 0.3) is 5.91 Å². The Bertz CT molecular complexity index is 1660. The molecule has 0 aliphatic rings. The predicted octanol–water partition coefficient (Wildman–Crippen LogP) is 8.75. The minimum atomic E-state index is -1.10. The summed E-state index contributed by atoms with van der Waals surface area (Å²) in [5.74, 6) is 0.107. The highest BCUT2D eigenvalue weighted by atomic mass is 16.6. The van der Waals surface area contributed by atoms with Gasteiger partial charge in [0.1, 0.15) is 5.75 Å². The van der Waals surface area contributed by atoms with E-state index in [1.165, 1.54) is 23.9 Å². The second-order valence-electron chi connectivity index (χ2n) is 13.9. The van der Waals surface area contributed by atoms with Crippen LogP contribution in [-0.4, -0.2) is 29.2 Å². The van der Waals surface area contributed by atoms with E-state index >= 15 is 0 Å². The maximum absolute atomic E-state index is 13.6. The lowest BCUT2D eigenvalue weighted by molar-refractivity contribution is -0.156. The van der Waals surface area contributed by atoms with Crippen LogP contribution in [0.4, 0.5) is 0 Å². The number of amides is 1. The fourth-order valence-corrected chi connectivity index (χ4v) is 5.86. The molecule has 0 aliphatic carbocycles. The van der Waals surface area contributed by atoms with E-state index in [-0.39, 0.29) is 17.4 Å². The lowest BCUT2D eigenvalue weighted by atomic mass is 9.96. The summed E-state index contributed by atoms with van der Waals surface area (Å²) in [4.78, 5) is 25.8. The number of carbonyl (C=O) groups excluding carboxylic acids is 2. The molecule has 6 heteroatoms. The van der Waals surface area contributed by atoms with Crippen LogP contribution < -0.4 is 10.1 Å². The van der Waals surface area contributed by atoms with Crippen molar-refractivity contribution in [2.24, 2.45) is 5.41 Å². The van der Waals surface area contributed by atoms with Gasteiger partial charge in [-0.3, -0.25) is 4.79 Å². The monoisotopic (exact) mass is 610 g/mol. The van der Waals surface area contributed by atoms with Gasteiger partial charge in [-0.25, -0.2) is 4.79 Å². The normalized spacial score (nSPS) is 12.6. The maximum Gasteiger partial charge on any atom is 0.349 e. The van der Waals surface area contributed by atoms with E-state index in [0.717, 1.165) is 47.8 Å². The van der Waals surface area contributed by atoms with E-state index in [1.807, 2.05) is 37.3 Å². The third-order valence-electron chi connectivity index (χ3n) is 8.30. The number of ether oxygens (including phenoxy) is 2. The van der Waals surface area contributed by atoms with E-state index in [1.54, 1.807) is 13.8 Å². The lowest BCUT2D eigenvalue weighted by Crippen LogP contribution is -2.39. The minimum absolute atomic E-state index is 0.0385. The van der Waals surface area contributed by atoms with Crippen molar-refractivity contribution < 1.29 is 19.1 Å². The summed E-state index contributed by atoms with van der Waals surface area (Å²) in [6.45, 7) is 17.3. The summed E-state index contributed by atoms with van der Waals surface area (Å²) in [6.07, 6.45) is 4.06. The topological polar surface area (TPSA) is 69.6 Å². The van der Waals surface area contributed by atoms with Crippen molar-refractivity contribution in [1.29, 1.82) is 0 Å². The average molecular weight is 611 g/mol. The van der Waals surface area contributed by atoms with Crippen LogP contribution in [0.25, 0.3) is 10.9 Å². The number of nitrogens with one attached hydrogen (secondary N) is 1. The lowest BCUT2D eigenvalue weighted by Gasteiger charge is -2.23. The smallest absolute Gasteiger partial charge is 0.349 e. The fourth-order valence-electron chi connectivity index (χ4n) is 5.86. The Kier molecular flexibility index (Phi) is 10.5. The average Bonchev–Trinajstić information content (AvgIpc) is 3.23. The summed E-state index contributed by atoms with van der Waals surface area (Å²) in [5, 5.41) is 4.36. The van der Waals surface area contributed by atoms with Crippen molar-refractivity contribution in [2.75, 3.05) is 7.11 Å². The molecule has 6 nitrogen and oxygen atoms in total. The van der Waals surface area contributed by atoms with Crippen molar-refractivity contribution in [1.82, 2.24) is 9.88 Å². The van der Waals surface area contributed by atoms with Gasteiger partial charge in [-0.2, -0.15) is 0 Å². The SMILES string of the molecule is CCCCc1cccc([C@H](C)NC(=O)c2ccc3c(Cc4cccc(OC(C)(C)C(=O)OC)c4)c(C)n(CC(C)(C)C)c3c2)c1. The molecule has 3 aromatic carbocycles. The molecule has 0 fully saturated rings. The highest BCUT2D eigenvalue weighted by Gasteiger charge is 2.31. The van der Waals surface area contributed by atoms with Crippen LogP contribution in [0, 0.1) is 12.3 Å². The molecule has 4 rings (SSSR count). The van der Waals surface area contributed by atoms with Gasteiger partial charge in [-0.1, -0.05) is 76.6 Å². The number of esters is 1. The summed E-state index contributed by atoms with van der Waals surface area (Å²) < 4.78 is 13.3. The highest BCUT2D eigenvalue weighted by molar-refractivity contribution is 5.99. The van der Waals surface area contributed by atoms with Gasteiger partial charge in [-0.05, 0) is 98.9 Å². The second-order valence-corrected chi connectivity index (χ2v) is 13.9. The highest BCUT2D eigenvalue weighted by Crippen LogP contribution is 2.33. The van der Waals surface area contributed by atoms with Crippen molar-refractivity contribution in [3.05, 3.63) is 100 Å². The molecule has 0 unspecified atom stereocenters. The molecule has 0 bridgehead atoms. The molecule has 0 saturated carbocycles. The van der Waals surface area contributed by atoms with Crippen LogP contribution >= 0.6 is 0 Å². The first kappa shape index (κ1) is 33.8. The Morgan fingerprint density at radius 3 is 2.33 bits per heavy atom. The Labute approximate surface area is 269 Å². The van der Waals surface area contributed by atoms with Gasteiger partial charge in [0.2, 0.25) is 0 Å². The van der Waals surface area contributed by atoms with Crippen LogP contribution in [0.5, 0.6) is 5.75 Å². The number of rotatable bonds is 12. The molecule has 1 amide bonds. The molecule has 1 atom stereocenters. The van der Waals surface area contributed by atoms with E-state index < -0.39 is 11.6 Å². The standard InChI is InChI=1S/C39H50N2O4/c1-10-11-14-28-15-12-17-30(21-28)26(2)40-36(42)31-19-20-33-34(27(3)41(35(33)24-31)25-38(4,5)6)23-29-16-13-18-32(22-29)45-39(7,8)37(43)44-9/h12-13,15-22,24,26H,10-11,14,23,25H2,1-9H3,(H,40,42)/t26-/m0/s1. The fraction of sp³-hybridized carbons (Fsp3) is 0.436. The number of hydrogen-bond donors (Lipinski definition) is 1. The summed E-state index contributed by atoms with van der Waals surface area (Å²) >= 11 is 0. The summed E-state index contributed by atoms with van der Waals surface area (Å²) in [6, 6.07) is 22.4. The molecule has 1 heterocycles. The van der Waals surface area contributed by atoms with Crippen molar-refractivity contribution in [3.63, 3.8) is 0 Å². The van der Waals surface area contributed by atoms with Gasteiger partial charge in [0.15, 0.2) is 5.60 Å². The van der Waals surface area contributed by atoms with E-state index in [2.05, 4.69) is 80.9 Å². The van der Waals surface area contributed by atoms with Crippen molar-refractivity contribution >= 4 is 22.8 Å². The molecule has 1 aromatic heterocycles. The number of aromatic nitrogens is 1. The van der Waals surface area contributed by atoms with Gasteiger partial charge < -0.3 is 19.4 Å². The Morgan fingerprint density at radius 2 is 1.64 bits per heavy atom. The molecule has 0 aliphatic heterocycles. The quantitative estimate of drug-likeness (QED) is 0.163. The molecule has 1 N–H and O–H groups in total. The largest absolute Gasteiger partial charge is 0.476 e. The summed E-state index contributed by atoms with van der Waals surface area (Å²) in [5.41, 5.74) is 6.53. The first-order chi connectivity index (χ1) is 21.2. The van der Waals surface area contributed by atoms with Crippen molar-refractivity contribution in [2.45, 2.75) is 99.3 Å². The molecular formula is C39H50N2O4. The number of nitrogens with zero attached hydrogens (tertiary/aromatic N) is 1. The number of benzene rings is 3. The van der Waals surface area contributed by atoms with E-state index in [4.69, 9.17) is 9.47 Å². The number of carbonyl (C=O) groups is 2. The molecule has 0 spiro atoms. The maximum atomic E-state index is 13.6. The Hall–Kier alpha value is -4.06. The zero-order chi connectivity index (χ0) is 32.9. The van der Waals surface area contributed by atoms with Gasteiger partial charge >= 0.3 is 5.97 Å².